The molecule has 108 valence electrons. The van der Waals surface area contributed by atoms with Crippen LogP contribution in [-0.4, -0.2) is 17.5 Å². The maximum Gasteiger partial charge on any atom is 0.136 e. The Labute approximate surface area is 113 Å². The van der Waals surface area contributed by atoms with Crippen LogP contribution < -0.4 is 0 Å². The average molecular weight is 256 g/mol. The van der Waals surface area contributed by atoms with Gasteiger partial charge in [0, 0.05) is 18.9 Å². The Morgan fingerprint density at radius 1 is 0.889 bits per heavy atom. The van der Waals surface area contributed by atoms with Crippen LogP contribution in [0.1, 0.15) is 84.5 Å². The normalized spacial score (nSPS) is 12.6. The van der Waals surface area contributed by atoms with Crippen LogP contribution in [-0.2, 0) is 4.79 Å². The molecule has 0 aliphatic rings. The highest BCUT2D eigenvalue weighted by molar-refractivity contribution is 5.80. The van der Waals surface area contributed by atoms with E-state index in [0.29, 0.717) is 18.6 Å². The highest BCUT2D eigenvalue weighted by Gasteiger charge is 2.16. The molecule has 0 aromatic rings. The van der Waals surface area contributed by atoms with E-state index < -0.39 is 0 Å². The van der Waals surface area contributed by atoms with Crippen molar-refractivity contribution in [2.45, 2.75) is 84.5 Å². The summed E-state index contributed by atoms with van der Waals surface area (Å²) in [6.07, 6.45) is 11.9. The first-order valence-corrected chi connectivity index (χ1v) is 7.89. The summed E-state index contributed by atoms with van der Waals surface area (Å²) in [5, 5.41) is 8.80. The molecule has 0 fully saturated rings. The summed E-state index contributed by atoms with van der Waals surface area (Å²) >= 11 is 0. The van der Waals surface area contributed by atoms with Gasteiger partial charge in [0.05, 0.1) is 0 Å². The van der Waals surface area contributed by atoms with Gasteiger partial charge in [-0.15, -0.1) is 0 Å². The number of ketones is 1. The van der Waals surface area contributed by atoms with E-state index in [4.69, 9.17) is 5.11 Å². The van der Waals surface area contributed by atoms with Crippen molar-refractivity contribution in [1.29, 1.82) is 0 Å². The van der Waals surface area contributed by atoms with Crippen LogP contribution in [0.15, 0.2) is 0 Å². The first-order chi connectivity index (χ1) is 8.76. The maximum absolute atomic E-state index is 12.0. The van der Waals surface area contributed by atoms with Crippen LogP contribution in [0, 0.1) is 5.92 Å². The number of carbonyl (C=O) groups is 1. The van der Waals surface area contributed by atoms with Crippen LogP contribution in [0.2, 0.25) is 0 Å². The molecule has 0 aromatic carbocycles. The van der Waals surface area contributed by atoms with Crippen molar-refractivity contribution in [2.75, 3.05) is 6.61 Å². The first kappa shape index (κ1) is 17.6. The van der Waals surface area contributed by atoms with E-state index in [9.17, 15) is 4.79 Å². The largest absolute Gasteiger partial charge is 0.396 e. The van der Waals surface area contributed by atoms with Gasteiger partial charge in [0.15, 0.2) is 0 Å². The number of rotatable bonds is 13. The minimum atomic E-state index is 0.142. The average Bonchev–Trinajstić information content (AvgIpc) is 2.39. The first-order valence-electron chi connectivity index (χ1n) is 7.89. The van der Waals surface area contributed by atoms with E-state index in [1.807, 2.05) is 0 Å². The predicted octanol–water partition coefficient (Wildman–Crippen LogP) is 4.49. The Bertz CT molecular complexity index is 190. The number of aliphatic hydroxyl groups excluding tert-OH is 1. The Morgan fingerprint density at radius 2 is 1.44 bits per heavy atom. The molecule has 1 N–H and O–H groups in total. The van der Waals surface area contributed by atoms with E-state index in [-0.39, 0.29) is 12.5 Å². The molecule has 0 heterocycles. The van der Waals surface area contributed by atoms with Gasteiger partial charge in [0.25, 0.3) is 0 Å². The molecule has 0 saturated carbocycles. The Balaban J connectivity index is 3.93. The molecule has 0 radical (unpaired) electrons. The minimum absolute atomic E-state index is 0.142. The Morgan fingerprint density at radius 3 is 2.00 bits per heavy atom. The molecular formula is C16H32O2. The van der Waals surface area contributed by atoms with Crippen LogP contribution in [0.5, 0.6) is 0 Å². The molecule has 1 atom stereocenters. The lowest BCUT2D eigenvalue weighted by molar-refractivity contribution is -0.123. The fourth-order valence-electron chi connectivity index (χ4n) is 2.38. The van der Waals surface area contributed by atoms with Crippen molar-refractivity contribution >= 4 is 5.78 Å². The Hall–Kier alpha value is -0.370. The standard InChI is InChI=1S/C16H32O2/c1-3-5-7-9-12-15(11-8-6-4-2)16(18)13-10-14-17/h15,17H,3-14H2,1-2H3. The van der Waals surface area contributed by atoms with Crippen LogP contribution >= 0.6 is 0 Å². The van der Waals surface area contributed by atoms with Crippen molar-refractivity contribution in [3.63, 3.8) is 0 Å². The van der Waals surface area contributed by atoms with E-state index in [1.54, 1.807) is 0 Å². The van der Waals surface area contributed by atoms with Gasteiger partial charge in [-0.2, -0.15) is 0 Å². The number of carbonyl (C=O) groups excluding carboxylic acids is 1. The number of aliphatic hydroxyl groups is 1. The third-order valence-electron chi connectivity index (χ3n) is 3.60. The summed E-state index contributed by atoms with van der Waals surface area (Å²) < 4.78 is 0. The van der Waals surface area contributed by atoms with Gasteiger partial charge in [-0.25, -0.2) is 0 Å². The van der Waals surface area contributed by atoms with Crippen molar-refractivity contribution < 1.29 is 9.90 Å². The van der Waals surface area contributed by atoms with Gasteiger partial charge < -0.3 is 5.11 Å². The monoisotopic (exact) mass is 256 g/mol. The number of hydrogen-bond acceptors (Lipinski definition) is 2. The van der Waals surface area contributed by atoms with Gasteiger partial charge in [0.1, 0.15) is 5.78 Å². The smallest absolute Gasteiger partial charge is 0.136 e. The second kappa shape index (κ2) is 13.1. The van der Waals surface area contributed by atoms with Crippen molar-refractivity contribution in [3.8, 4) is 0 Å². The molecule has 0 saturated heterocycles. The fourth-order valence-corrected chi connectivity index (χ4v) is 2.38. The second-order valence-corrected chi connectivity index (χ2v) is 5.34. The van der Waals surface area contributed by atoms with E-state index in [0.717, 1.165) is 12.8 Å². The fraction of sp³-hybridized carbons (Fsp3) is 0.938. The van der Waals surface area contributed by atoms with Crippen LogP contribution in [0.4, 0.5) is 0 Å². The minimum Gasteiger partial charge on any atom is -0.396 e. The SMILES string of the molecule is CCCCCCC(CCCCC)C(=O)CCCO. The van der Waals surface area contributed by atoms with Gasteiger partial charge >= 0.3 is 0 Å². The molecule has 0 aromatic heterocycles. The molecule has 2 heteroatoms. The zero-order valence-electron chi connectivity index (χ0n) is 12.4. The highest BCUT2D eigenvalue weighted by Crippen LogP contribution is 2.20. The maximum atomic E-state index is 12.0. The molecule has 2 nitrogen and oxygen atoms in total. The quantitative estimate of drug-likeness (QED) is 0.493. The summed E-state index contributed by atoms with van der Waals surface area (Å²) in [6, 6.07) is 0. The second-order valence-electron chi connectivity index (χ2n) is 5.34. The lowest BCUT2D eigenvalue weighted by atomic mass is 9.89. The third-order valence-corrected chi connectivity index (χ3v) is 3.60. The summed E-state index contributed by atoms with van der Waals surface area (Å²) in [5.74, 6) is 0.650. The van der Waals surface area contributed by atoms with Crippen molar-refractivity contribution in [1.82, 2.24) is 0 Å². The summed E-state index contributed by atoms with van der Waals surface area (Å²) in [4.78, 5) is 12.0. The summed E-state index contributed by atoms with van der Waals surface area (Å²) in [5.41, 5.74) is 0. The third kappa shape index (κ3) is 9.64. The van der Waals surface area contributed by atoms with E-state index in [1.165, 1.54) is 44.9 Å². The topological polar surface area (TPSA) is 37.3 Å². The van der Waals surface area contributed by atoms with Crippen LogP contribution in [0.3, 0.4) is 0 Å². The van der Waals surface area contributed by atoms with E-state index >= 15 is 0 Å². The van der Waals surface area contributed by atoms with Gasteiger partial charge in [-0.3, -0.25) is 4.79 Å². The molecular weight excluding hydrogens is 224 g/mol. The lowest BCUT2D eigenvalue weighted by Gasteiger charge is -2.15. The van der Waals surface area contributed by atoms with Gasteiger partial charge in [0.2, 0.25) is 0 Å². The molecule has 1 unspecified atom stereocenters. The summed E-state index contributed by atoms with van der Waals surface area (Å²) in [7, 11) is 0. The molecule has 0 aliphatic heterocycles. The molecule has 0 bridgehead atoms. The van der Waals surface area contributed by atoms with Gasteiger partial charge in [-0.1, -0.05) is 58.8 Å². The molecule has 0 amide bonds. The van der Waals surface area contributed by atoms with E-state index in [2.05, 4.69) is 13.8 Å². The van der Waals surface area contributed by atoms with Crippen LogP contribution in [0.25, 0.3) is 0 Å². The molecule has 0 aliphatic carbocycles. The highest BCUT2D eigenvalue weighted by atomic mass is 16.3. The number of hydrogen-bond donors (Lipinski definition) is 1. The van der Waals surface area contributed by atoms with Gasteiger partial charge in [-0.05, 0) is 19.3 Å². The lowest BCUT2D eigenvalue weighted by Crippen LogP contribution is -2.15. The predicted molar refractivity (Wildman–Crippen MR) is 77.7 cm³/mol. The molecule has 0 spiro atoms. The van der Waals surface area contributed by atoms with Crippen molar-refractivity contribution in [2.24, 2.45) is 5.92 Å². The zero-order chi connectivity index (χ0) is 13.6. The number of unbranched alkanes of at least 4 members (excludes halogenated alkanes) is 5. The summed E-state index contributed by atoms with van der Waals surface area (Å²) in [6.45, 7) is 4.55. The zero-order valence-corrected chi connectivity index (χ0v) is 12.4. The molecule has 18 heavy (non-hydrogen) atoms. The van der Waals surface area contributed by atoms with Crippen molar-refractivity contribution in [3.05, 3.63) is 0 Å². The number of Topliss-reactive ketones (excluding diaryl/α,β-unsaturated/α-hetero) is 1. The molecule has 0 rings (SSSR count). The Kier molecular flexibility index (Phi) is 12.8.